The van der Waals surface area contributed by atoms with E-state index in [4.69, 9.17) is 17.0 Å². The van der Waals surface area contributed by atoms with E-state index in [-0.39, 0.29) is 0 Å². The SMILES string of the molecule is CCCCCCCCCCCCCCCCCC(=S)OCCCCCCCCCCCCCCCC. The third kappa shape index (κ3) is 31.9. The molecule has 36 heavy (non-hydrogen) atoms. The first-order valence-electron chi connectivity index (χ1n) is 17.0. The van der Waals surface area contributed by atoms with Gasteiger partial charge in [0.25, 0.3) is 0 Å². The van der Waals surface area contributed by atoms with Crippen molar-refractivity contribution >= 4 is 17.3 Å². The van der Waals surface area contributed by atoms with Crippen LogP contribution in [0.1, 0.15) is 206 Å². The lowest BCUT2D eigenvalue weighted by atomic mass is 10.0. The molecule has 0 radical (unpaired) electrons. The molecule has 0 aliphatic rings. The summed E-state index contributed by atoms with van der Waals surface area (Å²) >= 11 is 5.43. The summed E-state index contributed by atoms with van der Waals surface area (Å²) in [5.74, 6) is 0. The van der Waals surface area contributed by atoms with Crippen molar-refractivity contribution in [1.29, 1.82) is 0 Å². The highest BCUT2D eigenvalue weighted by Gasteiger charge is 2.00. The molecule has 0 saturated heterocycles. The predicted octanol–water partition coefficient (Wildman–Crippen LogP) is 13.1. The van der Waals surface area contributed by atoms with Gasteiger partial charge in [0.05, 0.1) is 6.61 Å². The maximum atomic E-state index is 5.80. The molecule has 0 spiro atoms. The standard InChI is InChI=1S/C34H68OS/c1-3-5-7-9-11-13-15-17-19-20-22-24-26-28-30-32-34(36)35-33-31-29-27-25-23-21-18-16-14-12-10-8-6-4-2/h3-33H2,1-2H3. The molecule has 0 heterocycles. The summed E-state index contributed by atoms with van der Waals surface area (Å²) in [6.07, 6.45) is 41.8. The molecule has 0 aliphatic carbocycles. The molecule has 0 aromatic heterocycles. The Morgan fingerprint density at radius 2 is 0.611 bits per heavy atom. The molecule has 0 amide bonds. The van der Waals surface area contributed by atoms with Crippen LogP contribution >= 0.6 is 12.2 Å². The summed E-state index contributed by atoms with van der Waals surface area (Å²) < 4.78 is 5.80. The fourth-order valence-electron chi connectivity index (χ4n) is 5.20. The zero-order valence-corrected chi connectivity index (χ0v) is 26.1. The van der Waals surface area contributed by atoms with Gasteiger partial charge in [-0.15, -0.1) is 0 Å². The first-order chi connectivity index (χ1) is 17.8. The number of hydrogen-bond acceptors (Lipinski definition) is 2. The molecular formula is C34H68OS. The van der Waals surface area contributed by atoms with Gasteiger partial charge in [0.2, 0.25) is 0 Å². The highest BCUT2D eigenvalue weighted by atomic mass is 32.1. The number of thiocarbonyl (C=S) groups is 1. The highest BCUT2D eigenvalue weighted by Crippen LogP contribution is 2.15. The lowest BCUT2D eigenvalue weighted by molar-refractivity contribution is 0.290. The lowest BCUT2D eigenvalue weighted by Gasteiger charge is -2.08. The molecule has 1 nitrogen and oxygen atoms in total. The Bertz CT molecular complexity index is 372. The number of unbranched alkanes of at least 4 members (excludes halogenated alkanes) is 27. The topological polar surface area (TPSA) is 9.23 Å². The van der Waals surface area contributed by atoms with Gasteiger partial charge in [-0.3, -0.25) is 0 Å². The summed E-state index contributed by atoms with van der Waals surface area (Å²) in [5, 5.41) is 0.861. The van der Waals surface area contributed by atoms with E-state index >= 15 is 0 Å². The van der Waals surface area contributed by atoms with Crippen LogP contribution in [0.25, 0.3) is 0 Å². The van der Waals surface area contributed by atoms with Crippen LogP contribution in [0.4, 0.5) is 0 Å². The van der Waals surface area contributed by atoms with E-state index in [9.17, 15) is 0 Å². The zero-order chi connectivity index (χ0) is 26.2. The van der Waals surface area contributed by atoms with Gasteiger partial charge in [-0.1, -0.05) is 187 Å². The average Bonchev–Trinajstić information content (AvgIpc) is 2.88. The quantitative estimate of drug-likeness (QED) is 0.0658. The van der Waals surface area contributed by atoms with Crippen molar-refractivity contribution in [3.63, 3.8) is 0 Å². The third-order valence-corrected chi connectivity index (χ3v) is 8.07. The number of rotatable bonds is 31. The second kappa shape index (κ2) is 32.9. The van der Waals surface area contributed by atoms with Gasteiger partial charge in [-0.2, -0.15) is 0 Å². The molecule has 0 aromatic rings. The van der Waals surface area contributed by atoms with Gasteiger partial charge in [-0.05, 0) is 25.1 Å². The van der Waals surface area contributed by atoms with Crippen molar-refractivity contribution < 1.29 is 4.74 Å². The highest BCUT2D eigenvalue weighted by molar-refractivity contribution is 7.80. The van der Waals surface area contributed by atoms with Crippen molar-refractivity contribution in [1.82, 2.24) is 0 Å². The van der Waals surface area contributed by atoms with E-state index in [2.05, 4.69) is 13.8 Å². The molecule has 0 atom stereocenters. The summed E-state index contributed by atoms with van der Waals surface area (Å²) in [5.41, 5.74) is 0. The molecule has 0 saturated carbocycles. The van der Waals surface area contributed by atoms with E-state index in [0.717, 1.165) is 18.1 Å². The minimum atomic E-state index is 0.843. The van der Waals surface area contributed by atoms with Crippen LogP contribution in [0.3, 0.4) is 0 Å². The van der Waals surface area contributed by atoms with Gasteiger partial charge in [0, 0.05) is 6.42 Å². The Hall–Kier alpha value is -0.110. The molecule has 0 N–H and O–H groups in total. The van der Waals surface area contributed by atoms with Crippen LogP contribution in [0.15, 0.2) is 0 Å². The van der Waals surface area contributed by atoms with E-state index in [1.807, 2.05) is 0 Å². The summed E-state index contributed by atoms with van der Waals surface area (Å²) in [6, 6.07) is 0. The van der Waals surface area contributed by atoms with Crippen molar-refractivity contribution in [2.75, 3.05) is 6.61 Å². The largest absolute Gasteiger partial charge is 0.487 e. The molecule has 0 rings (SSSR count). The lowest BCUT2D eigenvalue weighted by Crippen LogP contribution is -2.03. The minimum absolute atomic E-state index is 0.843. The van der Waals surface area contributed by atoms with Crippen LogP contribution in [0, 0.1) is 0 Å². The first kappa shape index (κ1) is 35.9. The van der Waals surface area contributed by atoms with Crippen LogP contribution in [0.5, 0.6) is 0 Å². The maximum absolute atomic E-state index is 5.80. The Morgan fingerprint density at radius 3 is 0.917 bits per heavy atom. The van der Waals surface area contributed by atoms with Crippen molar-refractivity contribution in [3.8, 4) is 0 Å². The molecule has 0 bridgehead atoms. The number of hydrogen-bond donors (Lipinski definition) is 0. The molecule has 216 valence electrons. The van der Waals surface area contributed by atoms with E-state index < -0.39 is 0 Å². The fourth-order valence-corrected chi connectivity index (χ4v) is 5.42. The zero-order valence-electron chi connectivity index (χ0n) is 25.2. The predicted molar refractivity (Wildman–Crippen MR) is 168 cm³/mol. The second-order valence-corrected chi connectivity index (χ2v) is 12.0. The minimum Gasteiger partial charge on any atom is -0.487 e. The van der Waals surface area contributed by atoms with Crippen LogP contribution in [0.2, 0.25) is 0 Å². The molecule has 0 unspecified atom stereocenters. The fraction of sp³-hybridized carbons (Fsp3) is 0.971. The molecule has 0 aromatic carbocycles. The summed E-state index contributed by atoms with van der Waals surface area (Å²) in [4.78, 5) is 0. The van der Waals surface area contributed by atoms with E-state index in [1.54, 1.807) is 0 Å². The normalized spacial score (nSPS) is 11.3. The molecule has 2 heteroatoms. The first-order valence-corrected chi connectivity index (χ1v) is 17.4. The second-order valence-electron chi connectivity index (χ2n) is 11.5. The molecular weight excluding hydrogens is 456 g/mol. The van der Waals surface area contributed by atoms with Gasteiger partial charge in [-0.25, -0.2) is 0 Å². The van der Waals surface area contributed by atoms with Gasteiger partial charge >= 0.3 is 0 Å². The Morgan fingerprint density at radius 1 is 0.361 bits per heavy atom. The Kier molecular flexibility index (Phi) is 32.8. The Balaban J connectivity index is 3.14. The van der Waals surface area contributed by atoms with E-state index in [0.29, 0.717) is 0 Å². The van der Waals surface area contributed by atoms with Crippen molar-refractivity contribution in [2.24, 2.45) is 0 Å². The smallest absolute Gasteiger partial charge is 0.159 e. The van der Waals surface area contributed by atoms with E-state index in [1.165, 1.54) is 186 Å². The maximum Gasteiger partial charge on any atom is 0.159 e. The number of ether oxygens (including phenoxy) is 1. The average molecular weight is 525 g/mol. The van der Waals surface area contributed by atoms with Crippen molar-refractivity contribution in [2.45, 2.75) is 206 Å². The third-order valence-electron chi connectivity index (χ3n) is 7.75. The monoisotopic (exact) mass is 524 g/mol. The summed E-state index contributed by atoms with van der Waals surface area (Å²) in [7, 11) is 0. The van der Waals surface area contributed by atoms with Gasteiger partial charge in [0.1, 0.15) is 0 Å². The van der Waals surface area contributed by atoms with Crippen LogP contribution in [-0.4, -0.2) is 11.7 Å². The van der Waals surface area contributed by atoms with Gasteiger partial charge < -0.3 is 4.74 Å². The molecule has 0 fully saturated rings. The summed E-state index contributed by atoms with van der Waals surface area (Å²) in [6.45, 7) is 5.44. The Labute approximate surface area is 234 Å². The molecule has 0 aliphatic heterocycles. The van der Waals surface area contributed by atoms with Crippen LogP contribution in [-0.2, 0) is 4.74 Å². The van der Waals surface area contributed by atoms with Crippen molar-refractivity contribution in [3.05, 3.63) is 0 Å². The van der Waals surface area contributed by atoms with Crippen LogP contribution < -0.4 is 0 Å². The van der Waals surface area contributed by atoms with Gasteiger partial charge in [0.15, 0.2) is 5.05 Å².